The molecule has 0 bridgehead atoms. The lowest BCUT2D eigenvalue weighted by molar-refractivity contribution is -0.143. The highest BCUT2D eigenvalue weighted by molar-refractivity contribution is 9.10. The fourth-order valence-corrected chi connectivity index (χ4v) is 1.62. The molecule has 0 saturated carbocycles. The van der Waals surface area contributed by atoms with E-state index in [1.807, 2.05) is 0 Å². The Labute approximate surface area is 114 Å². The summed E-state index contributed by atoms with van der Waals surface area (Å²) < 4.78 is 5.51. The first-order chi connectivity index (χ1) is 8.45. The quantitative estimate of drug-likeness (QED) is 0.677. The molecular weight excluding hydrogens is 300 g/mol. The minimum Gasteiger partial charge on any atom is -0.465 e. The van der Waals surface area contributed by atoms with Gasteiger partial charge in [0.25, 0.3) is 5.91 Å². The lowest BCUT2D eigenvalue weighted by Gasteiger charge is -2.16. The highest BCUT2D eigenvalue weighted by Gasteiger charge is 2.16. The first-order valence-corrected chi connectivity index (χ1v) is 6.21. The Morgan fingerprint density at radius 2 is 2.11 bits per heavy atom. The van der Waals surface area contributed by atoms with Crippen LogP contribution in [0.5, 0.6) is 0 Å². The predicted molar refractivity (Wildman–Crippen MR) is 72.1 cm³/mol. The van der Waals surface area contributed by atoms with Crippen molar-refractivity contribution in [2.75, 3.05) is 25.9 Å². The van der Waals surface area contributed by atoms with Gasteiger partial charge in [0.1, 0.15) is 6.54 Å². The fraction of sp³-hybridized carbons (Fsp3) is 0.333. The molecule has 0 heterocycles. The molecule has 5 nitrogen and oxygen atoms in total. The number of halogens is 1. The van der Waals surface area contributed by atoms with E-state index in [9.17, 15) is 9.59 Å². The molecule has 1 aromatic rings. The van der Waals surface area contributed by atoms with Gasteiger partial charge < -0.3 is 15.4 Å². The summed E-state index contributed by atoms with van der Waals surface area (Å²) in [5.41, 5.74) is 6.61. The number of nitrogens with zero attached hydrogens (tertiary/aromatic N) is 1. The van der Waals surface area contributed by atoms with Crippen molar-refractivity contribution in [2.45, 2.75) is 6.92 Å². The van der Waals surface area contributed by atoms with Crippen LogP contribution in [0, 0.1) is 0 Å². The van der Waals surface area contributed by atoms with E-state index in [-0.39, 0.29) is 12.5 Å². The van der Waals surface area contributed by atoms with Crippen LogP contribution in [0.25, 0.3) is 0 Å². The lowest BCUT2D eigenvalue weighted by atomic mass is 10.2. The van der Waals surface area contributed by atoms with Gasteiger partial charge in [0, 0.05) is 22.8 Å². The Kier molecular flexibility index (Phi) is 5.15. The van der Waals surface area contributed by atoms with Crippen molar-refractivity contribution in [3.8, 4) is 0 Å². The van der Waals surface area contributed by atoms with Crippen molar-refractivity contribution in [2.24, 2.45) is 0 Å². The summed E-state index contributed by atoms with van der Waals surface area (Å²) in [5, 5.41) is 0. The lowest BCUT2D eigenvalue weighted by Crippen LogP contribution is -2.33. The van der Waals surface area contributed by atoms with Crippen LogP contribution in [-0.2, 0) is 9.53 Å². The van der Waals surface area contributed by atoms with Crippen LogP contribution in [0.15, 0.2) is 22.7 Å². The highest BCUT2D eigenvalue weighted by Crippen LogP contribution is 2.20. The molecule has 2 N–H and O–H groups in total. The molecule has 18 heavy (non-hydrogen) atoms. The van der Waals surface area contributed by atoms with Crippen LogP contribution in [-0.4, -0.2) is 37.0 Å². The van der Waals surface area contributed by atoms with Crippen LogP contribution in [0.4, 0.5) is 5.69 Å². The molecular formula is C12H15BrN2O3. The largest absolute Gasteiger partial charge is 0.465 e. The smallest absolute Gasteiger partial charge is 0.325 e. The van der Waals surface area contributed by atoms with Gasteiger partial charge in [-0.2, -0.15) is 0 Å². The number of nitrogens with two attached hydrogens (primary N) is 1. The van der Waals surface area contributed by atoms with Crippen LogP contribution in [0.1, 0.15) is 17.3 Å². The number of carbonyl (C=O) groups is 2. The Bertz CT molecular complexity index is 463. The maximum absolute atomic E-state index is 12.0. The van der Waals surface area contributed by atoms with E-state index in [4.69, 9.17) is 10.5 Å². The molecule has 1 aromatic carbocycles. The van der Waals surface area contributed by atoms with E-state index in [2.05, 4.69) is 15.9 Å². The van der Waals surface area contributed by atoms with Gasteiger partial charge in [0.2, 0.25) is 0 Å². The second kappa shape index (κ2) is 6.39. The third-order valence-electron chi connectivity index (χ3n) is 2.26. The van der Waals surface area contributed by atoms with Crippen molar-refractivity contribution < 1.29 is 14.3 Å². The van der Waals surface area contributed by atoms with Gasteiger partial charge in [-0.3, -0.25) is 9.59 Å². The molecule has 6 heteroatoms. The molecule has 0 unspecified atom stereocenters. The molecule has 0 aliphatic rings. The normalized spacial score (nSPS) is 9.94. The van der Waals surface area contributed by atoms with E-state index in [0.717, 1.165) is 4.47 Å². The minimum absolute atomic E-state index is 0.0807. The standard InChI is InChI=1S/C12H15BrN2O3/c1-3-18-11(16)7-15(2)12(17)8-4-5-9(13)10(14)6-8/h4-6H,3,7,14H2,1-2H3. The summed E-state index contributed by atoms with van der Waals surface area (Å²) in [6.45, 7) is 1.93. The van der Waals surface area contributed by atoms with E-state index in [1.54, 1.807) is 25.1 Å². The molecule has 0 atom stereocenters. The average Bonchev–Trinajstić information content (AvgIpc) is 2.32. The Morgan fingerprint density at radius 1 is 1.44 bits per heavy atom. The van der Waals surface area contributed by atoms with E-state index in [0.29, 0.717) is 17.9 Å². The SMILES string of the molecule is CCOC(=O)CN(C)C(=O)c1ccc(Br)c(N)c1. The Hall–Kier alpha value is -1.56. The van der Waals surface area contributed by atoms with Crippen LogP contribution in [0.3, 0.4) is 0 Å². The van der Waals surface area contributed by atoms with Crippen LogP contribution in [0.2, 0.25) is 0 Å². The molecule has 0 radical (unpaired) electrons. The second-order valence-electron chi connectivity index (χ2n) is 3.70. The van der Waals surface area contributed by atoms with Gasteiger partial charge in [-0.15, -0.1) is 0 Å². The fourth-order valence-electron chi connectivity index (χ4n) is 1.37. The predicted octanol–water partition coefficient (Wildman–Crippen LogP) is 1.67. The monoisotopic (exact) mass is 314 g/mol. The minimum atomic E-state index is -0.432. The van der Waals surface area contributed by atoms with E-state index in [1.165, 1.54) is 11.9 Å². The Balaban J connectivity index is 2.74. The number of esters is 1. The summed E-state index contributed by atoms with van der Waals surface area (Å²) in [6.07, 6.45) is 0. The molecule has 1 amide bonds. The second-order valence-corrected chi connectivity index (χ2v) is 4.56. The number of carbonyl (C=O) groups excluding carboxylic acids is 2. The molecule has 1 rings (SSSR count). The van der Waals surface area contributed by atoms with Gasteiger partial charge in [-0.1, -0.05) is 0 Å². The number of hydrogen-bond acceptors (Lipinski definition) is 4. The zero-order valence-corrected chi connectivity index (χ0v) is 11.9. The summed E-state index contributed by atoms with van der Waals surface area (Å²) in [4.78, 5) is 24.5. The third kappa shape index (κ3) is 3.73. The maximum atomic E-state index is 12.0. The number of anilines is 1. The molecule has 98 valence electrons. The third-order valence-corrected chi connectivity index (χ3v) is 2.98. The maximum Gasteiger partial charge on any atom is 0.325 e. The number of amides is 1. The van der Waals surface area contributed by atoms with Crippen molar-refractivity contribution in [3.05, 3.63) is 28.2 Å². The molecule has 0 aliphatic heterocycles. The summed E-state index contributed by atoms with van der Waals surface area (Å²) in [5.74, 6) is -0.708. The summed E-state index contributed by atoms with van der Waals surface area (Å²) in [6, 6.07) is 4.90. The first kappa shape index (κ1) is 14.5. The summed E-state index contributed by atoms with van der Waals surface area (Å²) >= 11 is 3.25. The van der Waals surface area contributed by atoms with Gasteiger partial charge in [-0.05, 0) is 41.1 Å². The first-order valence-electron chi connectivity index (χ1n) is 5.41. The number of ether oxygens (including phenoxy) is 1. The van der Waals surface area contributed by atoms with Crippen molar-refractivity contribution in [1.82, 2.24) is 4.90 Å². The van der Waals surface area contributed by atoms with Crippen LogP contribution >= 0.6 is 15.9 Å². The molecule has 0 aliphatic carbocycles. The number of nitrogen functional groups attached to an aromatic ring is 1. The van der Waals surface area contributed by atoms with Gasteiger partial charge in [0.05, 0.1) is 6.61 Å². The van der Waals surface area contributed by atoms with E-state index >= 15 is 0 Å². The Morgan fingerprint density at radius 3 is 2.67 bits per heavy atom. The summed E-state index contributed by atoms with van der Waals surface area (Å²) in [7, 11) is 1.54. The van der Waals surface area contributed by atoms with E-state index < -0.39 is 5.97 Å². The zero-order chi connectivity index (χ0) is 13.7. The molecule has 0 spiro atoms. The van der Waals surface area contributed by atoms with Gasteiger partial charge >= 0.3 is 5.97 Å². The molecule has 0 aromatic heterocycles. The van der Waals surface area contributed by atoms with Crippen LogP contribution < -0.4 is 5.73 Å². The van der Waals surface area contributed by atoms with Gasteiger partial charge in [0.15, 0.2) is 0 Å². The highest BCUT2D eigenvalue weighted by atomic mass is 79.9. The van der Waals surface area contributed by atoms with Gasteiger partial charge in [-0.25, -0.2) is 0 Å². The van der Waals surface area contributed by atoms with Crippen molar-refractivity contribution in [3.63, 3.8) is 0 Å². The zero-order valence-electron chi connectivity index (χ0n) is 10.3. The number of rotatable bonds is 4. The number of benzene rings is 1. The molecule has 0 fully saturated rings. The average molecular weight is 315 g/mol. The molecule has 0 saturated heterocycles. The topological polar surface area (TPSA) is 72.6 Å². The number of hydrogen-bond donors (Lipinski definition) is 1. The van der Waals surface area contributed by atoms with Crippen molar-refractivity contribution >= 4 is 33.5 Å². The number of likely N-dealkylation sites (N-methyl/N-ethyl adjacent to an activating group) is 1. The van der Waals surface area contributed by atoms with Crippen molar-refractivity contribution in [1.29, 1.82) is 0 Å².